The van der Waals surface area contributed by atoms with E-state index < -0.39 is 0 Å². The smallest absolute Gasteiger partial charge is 0.254 e. The molecule has 2 aliphatic rings. The lowest BCUT2D eigenvalue weighted by molar-refractivity contribution is -0.134. The molecule has 1 saturated carbocycles. The van der Waals surface area contributed by atoms with E-state index in [4.69, 9.17) is 5.73 Å². The minimum Gasteiger partial charge on any atom is -0.339 e. The molecule has 3 rings (SSSR count). The average Bonchev–Trinajstić information content (AvgIpc) is 2.99. The van der Waals surface area contributed by atoms with Gasteiger partial charge in [0.2, 0.25) is 5.91 Å². The molecule has 0 atom stereocenters. The second-order valence-electron chi connectivity index (χ2n) is 6.08. The van der Waals surface area contributed by atoms with Crippen LogP contribution in [-0.2, 0) is 4.79 Å². The number of nitrogens with two attached hydrogens (primary N) is 1. The SMILES string of the molecule is NC1(CC(=O)N2CCN(C(=O)c3ccsc3)CC2)CCC1. The van der Waals surface area contributed by atoms with E-state index in [2.05, 4.69) is 0 Å². The van der Waals surface area contributed by atoms with Crippen LogP contribution in [0.2, 0.25) is 0 Å². The van der Waals surface area contributed by atoms with Crippen molar-refractivity contribution in [2.24, 2.45) is 5.73 Å². The maximum atomic E-state index is 12.3. The highest BCUT2D eigenvalue weighted by molar-refractivity contribution is 7.08. The van der Waals surface area contributed by atoms with Crippen LogP contribution in [0, 0.1) is 0 Å². The fourth-order valence-corrected chi connectivity index (χ4v) is 3.58. The van der Waals surface area contributed by atoms with E-state index >= 15 is 0 Å². The predicted octanol–water partition coefficient (Wildman–Crippen LogP) is 1.30. The van der Waals surface area contributed by atoms with E-state index in [-0.39, 0.29) is 17.4 Å². The van der Waals surface area contributed by atoms with Gasteiger partial charge in [-0.1, -0.05) is 0 Å². The second kappa shape index (κ2) is 5.77. The normalized spacial score (nSPS) is 21.0. The third kappa shape index (κ3) is 3.11. The summed E-state index contributed by atoms with van der Waals surface area (Å²) in [5.74, 6) is 0.206. The molecule has 0 radical (unpaired) electrons. The highest BCUT2D eigenvalue weighted by atomic mass is 32.1. The quantitative estimate of drug-likeness (QED) is 0.915. The number of hydrogen-bond donors (Lipinski definition) is 1. The Kier molecular flexibility index (Phi) is 3.99. The van der Waals surface area contributed by atoms with E-state index in [1.165, 1.54) is 11.3 Å². The van der Waals surface area contributed by atoms with Gasteiger partial charge in [0.15, 0.2) is 0 Å². The third-order valence-corrected chi connectivity index (χ3v) is 5.22. The third-order valence-electron chi connectivity index (χ3n) is 4.54. The molecule has 1 aliphatic carbocycles. The van der Waals surface area contributed by atoms with E-state index in [9.17, 15) is 9.59 Å². The molecular formula is C15H21N3O2S. The molecule has 2 N–H and O–H groups in total. The van der Waals surface area contributed by atoms with Crippen molar-refractivity contribution < 1.29 is 9.59 Å². The molecule has 114 valence electrons. The van der Waals surface area contributed by atoms with Crippen molar-refractivity contribution in [2.75, 3.05) is 26.2 Å². The molecule has 0 unspecified atom stereocenters. The Morgan fingerprint density at radius 1 is 1.19 bits per heavy atom. The molecule has 1 aromatic heterocycles. The number of carbonyl (C=O) groups excluding carboxylic acids is 2. The summed E-state index contributed by atoms with van der Waals surface area (Å²) in [6.45, 7) is 2.45. The number of nitrogens with zero attached hydrogens (tertiary/aromatic N) is 2. The van der Waals surface area contributed by atoms with Crippen LogP contribution in [0.15, 0.2) is 16.8 Å². The Morgan fingerprint density at radius 3 is 2.38 bits per heavy atom. The molecule has 0 aromatic carbocycles. The van der Waals surface area contributed by atoms with Crippen molar-refractivity contribution in [2.45, 2.75) is 31.2 Å². The summed E-state index contributed by atoms with van der Waals surface area (Å²) < 4.78 is 0. The first-order valence-electron chi connectivity index (χ1n) is 7.46. The fourth-order valence-electron chi connectivity index (χ4n) is 2.95. The van der Waals surface area contributed by atoms with E-state index in [1.54, 1.807) is 0 Å². The van der Waals surface area contributed by atoms with Gasteiger partial charge >= 0.3 is 0 Å². The molecule has 2 fully saturated rings. The van der Waals surface area contributed by atoms with Gasteiger partial charge < -0.3 is 15.5 Å². The van der Waals surface area contributed by atoms with Crippen molar-refractivity contribution in [3.63, 3.8) is 0 Å². The van der Waals surface area contributed by atoms with Crippen molar-refractivity contribution in [3.8, 4) is 0 Å². The molecule has 1 aromatic rings. The van der Waals surface area contributed by atoms with Crippen LogP contribution < -0.4 is 5.73 Å². The Morgan fingerprint density at radius 2 is 1.86 bits per heavy atom. The van der Waals surface area contributed by atoms with Gasteiger partial charge in [0, 0.05) is 43.5 Å². The number of amides is 2. The minimum absolute atomic E-state index is 0.0673. The molecule has 0 spiro atoms. The number of thiophene rings is 1. The van der Waals surface area contributed by atoms with E-state index in [0.29, 0.717) is 32.6 Å². The van der Waals surface area contributed by atoms with Crippen LogP contribution in [0.1, 0.15) is 36.0 Å². The molecule has 2 heterocycles. The second-order valence-corrected chi connectivity index (χ2v) is 6.86. The molecule has 1 saturated heterocycles. The number of hydrogen-bond acceptors (Lipinski definition) is 4. The van der Waals surface area contributed by atoms with Gasteiger partial charge in [0.05, 0.1) is 5.56 Å². The highest BCUT2D eigenvalue weighted by Gasteiger charge is 2.36. The average molecular weight is 307 g/mol. The summed E-state index contributed by atoms with van der Waals surface area (Å²) in [4.78, 5) is 28.2. The van der Waals surface area contributed by atoms with Gasteiger partial charge in [0.25, 0.3) is 5.91 Å². The summed E-state index contributed by atoms with van der Waals surface area (Å²) in [6.07, 6.45) is 3.49. The van der Waals surface area contributed by atoms with Gasteiger partial charge in [-0.2, -0.15) is 11.3 Å². The zero-order chi connectivity index (χ0) is 14.9. The minimum atomic E-state index is -0.263. The number of carbonyl (C=O) groups is 2. The fraction of sp³-hybridized carbons (Fsp3) is 0.600. The summed E-state index contributed by atoms with van der Waals surface area (Å²) in [5.41, 5.74) is 6.62. The van der Waals surface area contributed by atoms with Gasteiger partial charge in [-0.25, -0.2) is 0 Å². The first-order chi connectivity index (χ1) is 10.1. The van der Waals surface area contributed by atoms with E-state index in [1.807, 2.05) is 26.6 Å². The zero-order valence-electron chi connectivity index (χ0n) is 12.1. The van der Waals surface area contributed by atoms with Crippen LogP contribution in [-0.4, -0.2) is 53.3 Å². The van der Waals surface area contributed by atoms with Crippen LogP contribution >= 0.6 is 11.3 Å². The molecular weight excluding hydrogens is 286 g/mol. The van der Waals surface area contributed by atoms with Crippen LogP contribution in [0.3, 0.4) is 0 Å². The van der Waals surface area contributed by atoms with Gasteiger partial charge in [-0.3, -0.25) is 9.59 Å². The zero-order valence-corrected chi connectivity index (χ0v) is 12.9. The highest BCUT2D eigenvalue weighted by Crippen LogP contribution is 2.32. The summed E-state index contributed by atoms with van der Waals surface area (Å²) >= 11 is 1.53. The maximum absolute atomic E-state index is 12.3. The lowest BCUT2D eigenvalue weighted by Gasteiger charge is -2.40. The van der Waals surface area contributed by atoms with Gasteiger partial charge in [-0.05, 0) is 30.7 Å². The van der Waals surface area contributed by atoms with Crippen molar-refractivity contribution in [1.29, 1.82) is 0 Å². The van der Waals surface area contributed by atoms with E-state index in [0.717, 1.165) is 24.8 Å². The molecule has 0 bridgehead atoms. The Labute approximate surface area is 128 Å². The van der Waals surface area contributed by atoms with Gasteiger partial charge in [0.1, 0.15) is 0 Å². The molecule has 1 aliphatic heterocycles. The summed E-state index contributed by atoms with van der Waals surface area (Å²) in [7, 11) is 0. The van der Waals surface area contributed by atoms with Crippen molar-refractivity contribution >= 4 is 23.2 Å². The standard InChI is InChI=1S/C15H21N3O2S/c16-15(3-1-4-15)10-13(19)17-5-7-18(8-6-17)14(20)12-2-9-21-11-12/h2,9,11H,1,3-8,10,16H2. The van der Waals surface area contributed by atoms with Crippen molar-refractivity contribution in [3.05, 3.63) is 22.4 Å². The topological polar surface area (TPSA) is 66.6 Å². The lowest BCUT2D eigenvalue weighted by atomic mass is 9.75. The Balaban J connectivity index is 1.50. The molecule has 21 heavy (non-hydrogen) atoms. The molecule has 2 amide bonds. The molecule has 6 heteroatoms. The van der Waals surface area contributed by atoms with Crippen LogP contribution in [0.5, 0.6) is 0 Å². The monoisotopic (exact) mass is 307 g/mol. The largest absolute Gasteiger partial charge is 0.339 e. The summed E-state index contributed by atoms with van der Waals surface area (Å²) in [6, 6.07) is 1.85. The van der Waals surface area contributed by atoms with Gasteiger partial charge in [-0.15, -0.1) is 0 Å². The lowest BCUT2D eigenvalue weighted by Crippen LogP contribution is -2.54. The first-order valence-corrected chi connectivity index (χ1v) is 8.40. The Bertz CT molecular complexity index is 517. The maximum Gasteiger partial charge on any atom is 0.254 e. The van der Waals surface area contributed by atoms with Crippen molar-refractivity contribution in [1.82, 2.24) is 9.80 Å². The summed E-state index contributed by atoms with van der Waals surface area (Å²) in [5, 5.41) is 3.78. The predicted molar refractivity (Wildman–Crippen MR) is 82.2 cm³/mol. The molecule has 5 nitrogen and oxygen atoms in total. The Hall–Kier alpha value is -1.40. The number of rotatable bonds is 3. The van der Waals surface area contributed by atoms with Crippen LogP contribution in [0.25, 0.3) is 0 Å². The first kappa shape index (κ1) is 14.5. The number of piperazine rings is 1. The van der Waals surface area contributed by atoms with Crippen LogP contribution in [0.4, 0.5) is 0 Å².